The second-order valence-corrected chi connectivity index (χ2v) is 8.89. The number of barbiturate groups is 1. The lowest BCUT2D eigenvalue weighted by Gasteiger charge is -2.26. The molecule has 1 aliphatic rings. The zero-order chi connectivity index (χ0) is 25.2. The maximum Gasteiger partial charge on any atom is 0.335 e. The molecule has 8 heteroatoms. The summed E-state index contributed by atoms with van der Waals surface area (Å²) in [5, 5.41) is 5.18. The van der Waals surface area contributed by atoms with Crippen molar-refractivity contribution in [2.45, 2.75) is 6.61 Å². The van der Waals surface area contributed by atoms with Crippen molar-refractivity contribution in [3.05, 3.63) is 112 Å². The molecule has 4 amide bonds. The fourth-order valence-corrected chi connectivity index (χ4v) is 4.32. The first-order valence-corrected chi connectivity index (χ1v) is 11.7. The lowest BCUT2D eigenvalue weighted by Crippen LogP contribution is -2.54. The van der Waals surface area contributed by atoms with Crippen LogP contribution in [0, 0.1) is 0 Å². The van der Waals surface area contributed by atoms with E-state index in [0.29, 0.717) is 28.0 Å². The summed E-state index contributed by atoms with van der Waals surface area (Å²) in [6, 6.07) is 24.3. The van der Waals surface area contributed by atoms with E-state index in [4.69, 9.17) is 27.9 Å². The molecule has 4 aromatic carbocycles. The van der Waals surface area contributed by atoms with Crippen molar-refractivity contribution in [2.75, 3.05) is 4.90 Å². The molecule has 36 heavy (non-hydrogen) atoms. The number of imide groups is 2. The van der Waals surface area contributed by atoms with Gasteiger partial charge in [-0.2, -0.15) is 0 Å². The van der Waals surface area contributed by atoms with Crippen LogP contribution >= 0.6 is 23.2 Å². The van der Waals surface area contributed by atoms with Crippen LogP contribution in [-0.2, 0) is 16.2 Å². The Morgan fingerprint density at radius 3 is 2.39 bits per heavy atom. The van der Waals surface area contributed by atoms with E-state index in [9.17, 15) is 14.4 Å². The molecule has 4 aromatic rings. The lowest BCUT2D eigenvalue weighted by molar-refractivity contribution is -0.122. The van der Waals surface area contributed by atoms with Crippen molar-refractivity contribution in [1.82, 2.24) is 5.32 Å². The fraction of sp³-hybridized carbons (Fsp3) is 0.0357. The number of ether oxygens (including phenoxy) is 1. The predicted molar refractivity (Wildman–Crippen MR) is 140 cm³/mol. The van der Waals surface area contributed by atoms with E-state index in [-0.39, 0.29) is 11.3 Å². The summed E-state index contributed by atoms with van der Waals surface area (Å²) in [4.78, 5) is 38.7. The molecule has 1 fully saturated rings. The van der Waals surface area contributed by atoms with Crippen LogP contribution in [0.15, 0.2) is 90.5 Å². The normalized spacial score (nSPS) is 14.9. The van der Waals surface area contributed by atoms with Gasteiger partial charge in [0.25, 0.3) is 11.8 Å². The van der Waals surface area contributed by atoms with Crippen LogP contribution < -0.4 is 15.0 Å². The molecule has 1 aliphatic heterocycles. The number of nitrogens with one attached hydrogen (secondary N) is 1. The van der Waals surface area contributed by atoms with E-state index < -0.39 is 17.8 Å². The van der Waals surface area contributed by atoms with E-state index in [1.54, 1.807) is 30.3 Å². The molecule has 0 saturated carbocycles. The number of carbonyl (C=O) groups excluding carboxylic acids is 3. The van der Waals surface area contributed by atoms with Gasteiger partial charge < -0.3 is 4.74 Å². The lowest BCUT2D eigenvalue weighted by atomic mass is 10.1. The minimum atomic E-state index is -0.834. The van der Waals surface area contributed by atoms with Crippen LogP contribution in [0.4, 0.5) is 10.5 Å². The van der Waals surface area contributed by atoms with Crippen LogP contribution in [0.5, 0.6) is 5.75 Å². The number of benzene rings is 4. The van der Waals surface area contributed by atoms with E-state index >= 15 is 0 Å². The first-order valence-electron chi connectivity index (χ1n) is 11.0. The molecule has 0 radical (unpaired) electrons. The molecule has 5 rings (SSSR count). The van der Waals surface area contributed by atoms with E-state index in [1.165, 1.54) is 18.2 Å². The van der Waals surface area contributed by atoms with Gasteiger partial charge in [-0.15, -0.1) is 0 Å². The van der Waals surface area contributed by atoms with Crippen LogP contribution in [0.25, 0.3) is 16.8 Å². The second-order valence-electron chi connectivity index (χ2n) is 8.05. The van der Waals surface area contributed by atoms with Crippen LogP contribution in [0.2, 0.25) is 10.0 Å². The van der Waals surface area contributed by atoms with Crippen molar-refractivity contribution >= 4 is 63.6 Å². The third kappa shape index (κ3) is 4.69. The highest BCUT2D eigenvalue weighted by Crippen LogP contribution is 2.29. The highest BCUT2D eigenvalue weighted by Gasteiger charge is 2.36. The topological polar surface area (TPSA) is 75.7 Å². The van der Waals surface area contributed by atoms with Crippen LogP contribution in [0.3, 0.4) is 0 Å². The Hall–Kier alpha value is -4.13. The van der Waals surface area contributed by atoms with Crippen molar-refractivity contribution in [3.8, 4) is 5.75 Å². The number of halogens is 2. The van der Waals surface area contributed by atoms with Crippen molar-refractivity contribution in [2.24, 2.45) is 0 Å². The largest absolute Gasteiger partial charge is 0.487 e. The zero-order valence-corrected chi connectivity index (χ0v) is 20.2. The molecular weight excluding hydrogens is 499 g/mol. The van der Waals surface area contributed by atoms with Gasteiger partial charge in [-0.3, -0.25) is 14.9 Å². The Bertz CT molecular complexity index is 1540. The Morgan fingerprint density at radius 1 is 0.861 bits per heavy atom. The van der Waals surface area contributed by atoms with E-state index in [2.05, 4.69) is 5.32 Å². The van der Waals surface area contributed by atoms with Gasteiger partial charge in [0, 0.05) is 5.02 Å². The molecule has 1 N–H and O–H groups in total. The number of anilines is 1. The predicted octanol–water partition coefficient (Wildman–Crippen LogP) is 6.39. The summed E-state index contributed by atoms with van der Waals surface area (Å²) in [5.74, 6) is -1.08. The number of nitrogens with zero attached hydrogens (tertiary/aromatic N) is 1. The molecular formula is C28H18Cl2N2O4. The molecule has 0 aliphatic carbocycles. The van der Waals surface area contributed by atoms with Gasteiger partial charge >= 0.3 is 6.03 Å². The minimum absolute atomic E-state index is 0.204. The van der Waals surface area contributed by atoms with E-state index in [0.717, 1.165) is 21.2 Å². The number of rotatable bonds is 5. The highest BCUT2D eigenvalue weighted by molar-refractivity contribution is 6.39. The van der Waals surface area contributed by atoms with Gasteiger partial charge in [-0.1, -0.05) is 71.7 Å². The first-order chi connectivity index (χ1) is 17.4. The third-order valence-electron chi connectivity index (χ3n) is 5.72. The van der Waals surface area contributed by atoms with Crippen LogP contribution in [-0.4, -0.2) is 17.8 Å². The summed E-state index contributed by atoms with van der Waals surface area (Å²) in [7, 11) is 0. The van der Waals surface area contributed by atoms with Gasteiger partial charge in [-0.05, 0) is 64.4 Å². The second kappa shape index (κ2) is 9.85. The van der Waals surface area contributed by atoms with Crippen molar-refractivity contribution in [3.63, 3.8) is 0 Å². The molecule has 6 nitrogen and oxygen atoms in total. The molecule has 178 valence electrons. The number of hydrogen-bond donors (Lipinski definition) is 1. The summed E-state index contributed by atoms with van der Waals surface area (Å²) < 4.78 is 5.95. The first kappa shape index (κ1) is 23.6. The number of urea groups is 1. The summed E-state index contributed by atoms with van der Waals surface area (Å²) in [6.07, 6.45) is 1.38. The Kier molecular flexibility index (Phi) is 6.46. The standard InChI is InChI=1S/C28H18Cl2N2O4/c29-20-9-11-21(12-10-20)32-27(34)23(26(33)31-28(32)35)14-17-8-13-25(24(30)15-17)36-16-19-6-3-5-18-4-1-2-7-22(18)19/h1-15H,16H2,(H,31,33,35)/b23-14+. The summed E-state index contributed by atoms with van der Waals surface area (Å²) in [5.41, 5.74) is 1.61. The Balaban J connectivity index is 1.37. The maximum absolute atomic E-state index is 13.0. The van der Waals surface area contributed by atoms with Crippen LogP contribution in [0.1, 0.15) is 11.1 Å². The molecule has 1 saturated heterocycles. The monoisotopic (exact) mass is 516 g/mol. The Morgan fingerprint density at radius 2 is 1.61 bits per heavy atom. The minimum Gasteiger partial charge on any atom is -0.487 e. The number of carbonyl (C=O) groups is 3. The van der Waals surface area contributed by atoms with E-state index in [1.807, 2.05) is 42.5 Å². The molecule has 0 unspecified atom stereocenters. The van der Waals surface area contributed by atoms with Gasteiger partial charge in [0.1, 0.15) is 17.9 Å². The molecule has 0 bridgehead atoms. The third-order valence-corrected chi connectivity index (χ3v) is 6.26. The quantitative estimate of drug-likeness (QED) is 0.246. The van der Waals surface area contributed by atoms with Crippen molar-refractivity contribution < 1.29 is 19.1 Å². The number of fused-ring (bicyclic) bond motifs is 1. The van der Waals surface area contributed by atoms with Gasteiger partial charge in [-0.25, -0.2) is 9.69 Å². The highest BCUT2D eigenvalue weighted by atomic mass is 35.5. The summed E-state index contributed by atoms with van der Waals surface area (Å²) in [6.45, 7) is 0.320. The fourth-order valence-electron chi connectivity index (χ4n) is 3.95. The molecule has 1 heterocycles. The average Bonchev–Trinajstić information content (AvgIpc) is 2.87. The smallest absolute Gasteiger partial charge is 0.335 e. The molecule has 0 spiro atoms. The van der Waals surface area contributed by atoms with Gasteiger partial charge in [0.2, 0.25) is 0 Å². The Labute approximate surface area is 216 Å². The maximum atomic E-state index is 13.0. The molecule has 0 atom stereocenters. The van der Waals surface area contributed by atoms with Gasteiger partial charge in [0.05, 0.1) is 10.7 Å². The zero-order valence-electron chi connectivity index (χ0n) is 18.7. The SMILES string of the molecule is O=C1NC(=O)N(c2ccc(Cl)cc2)C(=O)/C1=C/c1ccc(OCc2cccc3ccccc23)c(Cl)c1. The van der Waals surface area contributed by atoms with Crippen molar-refractivity contribution in [1.29, 1.82) is 0 Å². The summed E-state index contributed by atoms with van der Waals surface area (Å²) >= 11 is 12.4. The molecule has 0 aromatic heterocycles. The number of amides is 4. The van der Waals surface area contributed by atoms with Gasteiger partial charge in [0.15, 0.2) is 0 Å². The number of hydrogen-bond acceptors (Lipinski definition) is 4. The average molecular weight is 517 g/mol.